The molecule has 0 aromatic heterocycles. The molecule has 1 aliphatic heterocycles. The number of nitrogens with one attached hydrogen (secondary N) is 1. The second-order valence-electron chi connectivity index (χ2n) is 4.18. The van der Waals surface area contributed by atoms with Gasteiger partial charge in [0.05, 0.1) is 11.8 Å². The molecule has 1 aliphatic rings. The number of hydrogen-bond acceptors (Lipinski definition) is 3. The summed E-state index contributed by atoms with van der Waals surface area (Å²) in [6.07, 6.45) is 2.50. The van der Waals surface area contributed by atoms with Gasteiger partial charge in [0.15, 0.2) is 0 Å². The summed E-state index contributed by atoms with van der Waals surface area (Å²) in [5.74, 6) is -0.0461. The van der Waals surface area contributed by atoms with Crippen molar-refractivity contribution in [2.45, 2.75) is 18.3 Å². The van der Waals surface area contributed by atoms with Gasteiger partial charge in [-0.3, -0.25) is 9.59 Å². The summed E-state index contributed by atoms with van der Waals surface area (Å²) >= 11 is 1.60. The largest absolute Gasteiger partial charge is 0.350 e. The normalized spacial score (nSPS) is 18.4. The van der Waals surface area contributed by atoms with Crippen molar-refractivity contribution in [3.05, 3.63) is 35.9 Å². The van der Waals surface area contributed by atoms with Gasteiger partial charge in [-0.05, 0) is 11.8 Å². The Morgan fingerprint density at radius 1 is 1.44 bits per heavy atom. The standard InChI is InChI=1S/C13H16N2O2S/c1-18-13-7-12(17)15(13)9-11(16)14-8-10-5-3-2-4-6-10/h2-6,13H,7-9H2,1H3,(H,14,16)/t13-/m1/s1. The summed E-state index contributed by atoms with van der Waals surface area (Å²) < 4.78 is 0. The van der Waals surface area contributed by atoms with Crippen LogP contribution in [0.1, 0.15) is 12.0 Å². The molecule has 0 unspecified atom stereocenters. The van der Waals surface area contributed by atoms with E-state index in [2.05, 4.69) is 5.32 Å². The summed E-state index contributed by atoms with van der Waals surface area (Å²) in [4.78, 5) is 24.7. The molecule has 2 amide bonds. The Labute approximate surface area is 111 Å². The van der Waals surface area contributed by atoms with Gasteiger partial charge in [-0.2, -0.15) is 0 Å². The molecule has 1 atom stereocenters. The van der Waals surface area contributed by atoms with Crippen LogP contribution in [0.3, 0.4) is 0 Å². The molecule has 1 fully saturated rings. The highest BCUT2D eigenvalue weighted by Crippen LogP contribution is 2.26. The molecule has 1 saturated heterocycles. The number of β-lactam (4-membered cyclic amide) rings is 1. The van der Waals surface area contributed by atoms with E-state index in [0.717, 1.165) is 5.56 Å². The van der Waals surface area contributed by atoms with Gasteiger partial charge in [0.2, 0.25) is 11.8 Å². The maximum atomic E-state index is 11.7. The third-order valence-electron chi connectivity index (χ3n) is 2.94. The van der Waals surface area contributed by atoms with Crippen LogP contribution in [0.4, 0.5) is 0 Å². The topological polar surface area (TPSA) is 49.4 Å². The lowest BCUT2D eigenvalue weighted by Crippen LogP contribution is -2.54. The summed E-state index contributed by atoms with van der Waals surface area (Å²) in [5, 5.41) is 2.99. The van der Waals surface area contributed by atoms with Gasteiger partial charge in [-0.25, -0.2) is 0 Å². The molecule has 5 heteroatoms. The van der Waals surface area contributed by atoms with Crippen molar-refractivity contribution < 1.29 is 9.59 Å². The van der Waals surface area contributed by atoms with E-state index in [1.807, 2.05) is 36.6 Å². The predicted octanol–water partition coefficient (Wildman–Crippen LogP) is 1.22. The van der Waals surface area contributed by atoms with E-state index in [1.54, 1.807) is 16.7 Å². The highest BCUT2D eigenvalue weighted by molar-refractivity contribution is 7.99. The van der Waals surface area contributed by atoms with Crippen molar-refractivity contribution in [2.75, 3.05) is 12.8 Å². The molecule has 2 rings (SSSR count). The van der Waals surface area contributed by atoms with Crippen molar-refractivity contribution in [1.82, 2.24) is 10.2 Å². The monoisotopic (exact) mass is 264 g/mol. The maximum Gasteiger partial charge on any atom is 0.239 e. The smallest absolute Gasteiger partial charge is 0.239 e. The Morgan fingerprint density at radius 2 is 2.17 bits per heavy atom. The highest BCUT2D eigenvalue weighted by atomic mass is 32.2. The molecule has 0 spiro atoms. The minimum absolute atomic E-state index is 0.0595. The van der Waals surface area contributed by atoms with E-state index >= 15 is 0 Å². The molecule has 18 heavy (non-hydrogen) atoms. The Kier molecular flexibility index (Phi) is 4.25. The van der Waals surface area contributed by atoms with Crippen molar-refractivity contribution >= 4 is 23.6 Å². The lowest BCUT2D eigenvalue weighted by Gasteiger charge is -2.38. The summed E-state index contributed by atoms with van der Waals surface area (Å²) in [5.41, 5.74) is 1.06. The zero-order valence-corrected chi connectivity index (χ0v) is 11.1. The van der Waals surface area contributed by atoms with Gasteiger partial charge in [-0.15, -0.1) is 11.8 Å². The van der Waals surface area contributed by atoms with Gasteiger partial charge < -0.3 is 10.2 Å². The van der Waals surface area contributed by atoms with Crippen LogP contribution in [0, 0.1) is 0 Å². The fraction of sp³-hybridized carbons (Fsp3) is 0.385. The second-order valence-corrected chi connectivity index (χ2v) is 5.19. The summed E-state index contributed by atoms with van der Waals surface area (Å²) in [7, 11) is 0. The van der Waals surface area contributed by atoms with E-state index < -0.39 is 0 Å². The SMILES string of the molecule is CS[C@@H]1CC(=O)N1CC(=O)NCc1ccccc1. The van der Waals surface area contributed by atoms with Crippen LogP contribution in [0.25, 0.3) is 0 Å². The fourth-order valence-corrected chi connectivity index (χ4v) is 2.59. The highest BCUT2D eigenvalue weighted by Gasteiger charge is 2.36. The third-order valence-corrected chi connectivity index (χ3v) is 3.90. The van der Waals surface area contributed by atoms with Crippen molar-refractivity contribution in [3.8, 4) is 0 Å². The van der Waals surface area contributed by atoms with Gasteiger partial charge in [0.25, 0.3) is 0 Å². The first-order valence-corrected chi connectivity index (χ1v) is 7.12. The molecule has 1 aromatic rings. The quantitative estimate of drug-likeness (QED) is 0.814. The first-order chi connectivity index (χ1) is 8.70. The summed E-state index contributed by atoms with van der Waals surface area (Å²) in [6, 6.07) is 9.72. The second kappa shape index (κ2) is 5.91. The van der Waals surface area contributed by atoms with Crippen molar-refractivity contribution in [2.24, 2.45) is 0 Å². The average molecular weight is 264 g/mol. The summed E-state index contributed by atoms with van der Waals surface area (Å²) in [6.45, 7) is 0.669. The molecule has 0 bridgehead atoms. The number of benzene rings is 1. The number of rotatable bonds is 5. The van der Waals surface area contributed by atoms with E-state index in [1.165, 1.54) is 0 Å². The third kappa shape index (κ3) is 3.04. The van der Waals surface area contributed by atoms with Gasteiger partial charge in [-0.1, -0.05) is 30.3 Å². The van der Waals surface area contributed by atoms with E-state index in [4.69, 9.17) is 0 Å². The first-order valence-electron chi connectivity index (χ1n) is 5.83. The molecule has 1 heterocycles. The first kappa shape index (κ1) is 13.0. The molecular weight excluding hydrogens is 248 g/mol. The molecule has 1 N–H and O–H groups in total. The Morgan fingerprint density at radius 3 is 2.78 bits per heavy atom. The Balaban J connectivity index is 1.77. The molecule has 0 radical (unpaired) electrons. The minimum Gasteiger partial charge on any atom is -0.350 e. The molecule has 4 nitrogen and oxygen atoms in total. The van der Waals surface area contributed by atoms with Gasteiger partial charge in [0.1, 0.15) is 6.54 Å². The number of carbonyl (C=O) groups is 2. The number of carbonyl (C=O) groups excluding carboxylic acids is 2. The van der Waals surface area contributed by atoms with Crippen LogP contribution >= 0.6 is 11.8 Å². The molecule has 0 saturated carbocycles. The van der Waals surface area contributed by atoms with Crippen LogP contribution in [0.5, 0.6) is 0 Å². The molecule has 0 aliphatic carbocycles. The number of nitrogens with zero attached hydrogens (tertiary/aromatic N) is 1. The Hall–Kier alpha value is -1.49. The lowest BCUT2D eigenvalue weighted by molar-refractivity contribution is -0.145. The van der Waals surface area contributed by atoms with E-state index in [-0.39, 0.29) is 23.7 Å². The van der Waals surface area contributed by atoms with Crippen LogP contribution in [0.2, 0.25) is 0 Å². The molecule has 96 valence electrons. The van der Waals surface area contributed by atoms with E-state index in [9.17, 15) is 9.59 Å². The van der Waals surface area contributed by atoms with Crippen LogP contribution < -0.4 is 5.32 Å². The zero-order valence-electron chi connectivity index (χ0n) is 10.3. The van der Waals surface area contributed by atoms with Crippen LogP contribution in [-0.2, 0) is 16.1 Å². The lowest BCUT2D eigenvalue weighted by atomic mass is 10.2. The number of thioether (sulfide) groups is 1. The van der Waals surface area contributed by atoms with Crippen molar-refractivity contribution in [1.29, 1.82) is 0 Å². The minimum atomic E-state index is -0.106. The predicted molar refractivity (Wildman–Crippen MR) is 71.9 cm³/mol. The van der Waals surface area contributed by atoms with Gasteiger partial charge in [0, 0.05) is 6.54 Å². The number of likely N-dealkylation sites (tertiary alicyclic amines) is 1. The van der Waals surface area contributed by atoms with Crippen molar-refractivity contribution in [3.63, 3.8) is 0 Å². The van der Waals surface area contributed by atoms with E-state index in [0.29, 0.717) is 13.0 Å². The molecular formula is C13H16N2O2S. The number of hydrogen-bond donors (Lipinski definition) is 1. The Bertz CT molecular complexity index is 436. The maximum absolute atomic E-state index is 11.7. The molecule has 1 aromatic carbocycles. The average Bonchev–Trinajstić information content (AvgIpc) is 2.41. The zero-order chi connectivity index (χ0) is 13.0. The van der Waals surface area contributed by atoms with Crippen LogP contribution in [0.15, 0.2) is 30.3 Å². The van der Waals surface area contributed by atoms with Crippen LogP contribution in [-0.4, -0.2) is 34.9 Å². The number of amides is 2. The van der Waals surface area contributed by atoms with Gasteiger partial charge >= 0.3 is 0 Å². The fourth-order valence-electron chi connectivity index (χ4n) is 1.83.